The van der Waals surface area contributed by atoms with Gasteiger partial charge in [0.05, 0.1) is 18.1 Å². The van der Waals surface area contributed by atoms with Crippen LogP contribution in [0.1, 0.15) is 26.7 Å². The summed E-state index contributed by atoms with van der Waals surface area (Å²) >= 11 is 0. The van der Waals surface area contributed by atoms with Gasteiger partial charge in [-0.25, -0.2) is 0 Å². The Kier molecular flexibility index (Phi) is 1.49. The zero-order valence-electron chi connectivity index (χ0n) is 7.41. The van der Waals surface area contributed by atoms with Gasteiger partial charge in [-0.05, 0) is 12.8 Å². The van der Waals surface area contributed by atoms with E-state index in [1.165, 1.54) is 0 Å². The normalized spacial score (nSPS) is 37.8. The zero-order chi connectivity index (χ0) is 8.93. The second kappa shape index (κ2) is 2.22. The first-order chi connectivity index (χ1) is 5.53. The van der Waals surface area contributed by atoms with Gasteiger partial charge in [-0.2, -0.15) is 0 Å². The Morgan fingerprint density at radius 2 is 2.08 bits per heavy atom. The molecule has 12 heavy (non-hydrogen) atoms. The molecule has 1 N–H and O–H groups in total. The van der Waals surface area contributed by atoms with Crippen molar-refractivity contribution in [1.82, 2.24) is 0 Å². The van der Waals surface area contributed by atoms with Crippen LogP contribution in [-0.2, 0) is 9.53 Å². The molecule has 0 aliphatic heterocycles. The van der Waals surface area contributed by atoms with E-state index in [1.807, 2.05) is 13.8 Å². The Morgan fingerprint density at radius 1 is 1.50 bits per heavy atom. The summed E-state index contributed by atoms with van der Waals surface area (Å²) in [5, 5.41) is 8.81. The van der Waals surface area contributed by atoms with Crippen LogP contribution in [0.4, 0.5) is 0 Å². The van der Waals surface area contributed by atoms with Gasteiger partial charge in [0.1, 0.15) is 0 Å². The minimum absolute atomic E-state index is 0.0394. The van der Waals surface area contributed by atoms with Crippen molar-refractivity contribution < 1.29 is 14.6 Å². The fourth-order valence-corrected chi connectivity index (χ4v) is 1.70. The van der Waals surface area contributed by atoms with Gasteiger partial charge < -0.3 is 9.84 Å². The molecule has 0 bridgehead atoms. The number of ether oxygens (including phenoxy) is 1. The average molecular weight is 170 g/mol. The van der Waals surface area contributed by atoms with Crippen LogP contribution in [0.2, 0.25) is 0 Å². The van der Waals surface area contributed by atoms with E-state index in [2.05, 4.69) is 0 Å². The lowest BCUT2D eigenvalue weighted by Gasteiger charge is -2.01. The molecular formula is C9H14O3. The summed E-state index contributed by atoms with van der Waals surface area (Å²) in [6, 6.07) is 0. The number of hydrogen-bond acceptors (Lipinski definition) is 2. The second-order valence-electron chi connectivity index (χ2n) is 4.39. The number of carboxylic acid groups (broad SMARTS) is 1. The predicted molar refractivity (Wildman–Crippen MR) is 42.8 cm³/mol. The van der Waals surface area contributed by atoms with E-state index in [0.29, 0.717) is 6.10 Å². The zero-order valence-corrected chi connectivity index (χ0v) is 7.41. The summed E-state index contributed by atoms with van der Waals surface area (Å²) in [6.45, 7) is 3.91. The molecule has 0 saturated heterocycles. The molecule has 2 rings (SSSR count). The maximum absolute atomic E-state index is 10.7. The van der Waals surface area contributed by atoms with Crippen LogP contribution >= 0.6 is 0 Å². The SMILES string of the molecule is CC1(C)C(OC2CC2)C1C(=O)O. The van der Waals surface area contributed by atoms with E-state index in [0.717, 1.165) is 12.8 Å². The van der Waals surface area contributed by atoms with Crippen molar-refractivity contribution in [2.24, 2.45) is 11.3 Å². The van der Waals surface area contributed by atoms with E-state index >= 15 is 0 Å². The first-order valence-corrected chi connectivity index (χ1v) is 4.41. The van der Waals surface area contributed by atoms with Gasteiger partial charge >= 0.3 is 5.97 Å². The first kappa shape index (κ1) is 8.05. The van der Waals surface area contributed by atoms with Crippen LogP contribution in [-0.4, -0.2) is 23.3 Å². The van der Waals surface area contributed by atoms with Crippen molar-refractivity contribution in [3.05, 3.63) is 0 Å². The topological polar surface area (TPSA) is 46.5 Å². The van der Waals surface area contributed by atoms with Crippen molar-refractivity contribution in [1.29, 1.82) is 0 Å². The van der Waals surface area contributed by atoms with Crippen molar-refractivity contribution in [3.63, 3.8) is 0 Å². The summed E-state index contributed by atoms with van der Waals surface area (Å²) in [6.07, 6.45) is 2.54. The molecule has 3 nitrogen and oxygen atoms in total. The van der Waals surface area contributed by atoms with Crippen LogP contribution in [0.3, 0.4) is 0 Å². The van der Waals surface area contributed by atoms with Gasteiger partial charge in [0.15, 0.2) is 0 Å². The van der Waals surface area contributed by atoms with Gasteiger partial charge in [-0.1, -0.05) is 13.8 Å². The highest BCUT2D eigenvalue weighted by Gasteiger charge is 2.64. The maximum Gasteiger partial charge on any atom is 0.309 e. The maximum atomic E-state index is 10.7. The number of carboxylic acids is 1. The van der Waals surface area contributed by atoms with Gasteiger partial charge in [-0.3, -0.25) is 4.79 Å². The molecule has 68 valence electrons. The summed E-state index contributed by atoms with van der Waals surface area (Å²) in [5.74, 6) is -0.997. The molecule has 0 spiro atoms. The van der Waals surface area contributed by atoms with Crippen LogP contribution in [0.25, 0.3) is 0 Å². The number of rotatable bonds is 3. The molecule has 0 amide bonds. The summed E-state index contributed by atoms with van der Waals surface area (Å²) in [7, 11) is 0. The molecule has 2 aliphatic rings. The second-order valence-corrected chi connectivity index (χ2v) is 4.39. The lowest BCUT2D eigenvalue weighted by Crippen LogP contribution is -2.06. The molecule has 0 aromatic rings. The standard InChI is InChI=1S/C9H14O3/c1-9(2)6(8(10)11)7(9)12-5-3-4-5/h5-7H,3-4H2,1-2H3,(H,10,11). The average Bonchev–Trinajstić information content (AvgIpc) is 2.75. The highest BCUT2D eigenvalue weighted by atomic mass is 16.5. The fraction of sp³-hybridized carbons (Fsp3) is 0.889. The molecule has 2 unspecified atom stereocenters. The monoisotopic (exact) mass is 170 g/mol. The van der Waals surface area contributed by atoms with Gasteiger partial charge in [0, 0.05) is 5.41 Å². The molecule has 0 aromatic heterocycles. The highest BCUT2D eigenvalue weighted by molar-refractivity contribution is 5.76. The van der Waals surface area contributed by atoms with E-state index in [-0.39, 0.29) is 17.4 Å². The number of aliphatic carboxylic acids is 1. The van der Waals surface area contributed by atoms with E-state index < -0.39 is 5.97 Å². The Labute approximate surface area is 71.7 Å². The Balaban J connectivity index is 1.94. The van der Waals surface area contributed by atoms with Crippen LogP contribution in [0, 0.1) is 11.3 Å². The molecule has 2 fully saturated rings. The quantitative estimate of drug-likeness (QED) is 0.693. The minimum Gasteiger partial charge on any atom is -0.481 e. The van der Waals surface area contributed by atoms with Crippen molar-refractivity contribution in [2.75, 3.05) is 0 Å². The highest BCUT2D eigenvalue weighted by Crippen LogP contribution is 2.55. The number of hydrogen-bond donors (Lipinski definition) is 1. The predicted octanol–water partition coefficient (Wildman–Crippen LogP) is 1.27. The Morgan fingerprint density at radius 3 is 2.42 bits per heavy atom. The molecule has 0 heterocycles. The molecule has 0 radical (unpaired) electrons. The minimum atomic E-state index is -0.717. The van der Waals surface area contributed by atoms with Gasteiger partial charge in [0.2, 0.25) is 0 Å². The third kappa shape index (κ3) is 1.12. The molecule has 2 aliphatic carbocycles. The van der Waals surface area contributed by atoms with Crippen LogP contribution < -0.4 is 0 Å². The number of carbonyl (C=O) groups is 1. The van der Waals surface area contributed by atoms with E-state index in [4.69, 9.17) is 9.84 Å². The summed E-state index contributed by atoms with van der Waals surface area (Å²) in [5.41, 5.74) is -0.144. The van der Waals surface area contributed by atoms with Gasteiger partial charge in [-0.15, -0.1) is 0 Å². The molecule has 3 heteroatoms. The smallest absolute Gasteiger partial charge is 0.309 e. The first-order valence-electron chi connectivity index (χ1n) is 4.41. The third-order valence-electron chi connectivity index (χ3n) is 2.86. The Hall–Kier alpha value is -0.570. The third-order valence-corrected chi connectivity index (χ3v) is 2.86. The van der Waals surface area contributed by atoms with E-state index in [9.17, 15) is 4.79 Å². The molecule has 2 saturated carbocycles. The summed E-state index contributed by atoms with van der Waals surface area (Å²) < 4.78 is 5.58. The van der Waals surface area contributed by atoms with E-state index in [1.54, 1.807) is 0 Å². The Bertz CT molecular complexity index is 218. The molecule has 0 aromatic carbocycles. The van der Waals surface area contributed by atoms with Crippen LogP contribution in [0.5, 0.6) is 0 Å². The lowest BCUT2D eigenvalue weighted by atomic mass is 10.1. The van der Waals surface area contributed by atoms with Crippen molar-refractivity contribution in [3.8, 4) is 0 Å². The summed E-state index contributed by atoms with van der Waals surface area (Å²) in [4.78, 5) is 10.7. The van der Waals surface area contributed by atoms with Crippen molar-refractivity contribution in [2.45, 2.75) is 38.9 Å². The van der Waals surface area contributed by atoms with Gasteiger partial charge in [0.25, 0.3) is 0 Å². The van der Waals surface area contributed by atoms with Crippen molar-refractivity contribution >= 4 is 5.97 Å². The lowest BCUT2D eigenvalue weighted by molar-refractivity contribution is -0.140. The fourth-order valence-electron chi connectivity index (χ4n) is 1.70. The molecule has 2 atom stereocenters. The molecular weight excluding hydrogens is 156 g/mol. The van der Waals surface area contributed by atoms with Crippen LogP contribution in [0.15, 0.2) is 0 Å². The largest absolute Gasteiger partial charge is 0.481 e.